The zero-order chi connectivity index (χ0) is 16.4. The summed E-state index contributed by atoms with van der Waals surface area (Å²) >= 11 is 0.977. The lowest BCUT2D eigenvalue weighted by Gasteiger charge is -2.13. The van der Waals surface area contributed by atoms with Crippen molar-refractivity contribution in [2.75, 3.05) is 6.54 Å². The van der Waals surface area contributed by atoms with E-state index >= 15 is 0 Å². The maximum Gasteiger partial charge on any atom is 0.242 e. The Balaban J connectivity index is 1.70. The number of benzene rings is 1. The van der Waals surface area contributed by atoms with Crippen LogP contribution in [0.25, 0.3) is 11.0 Å². The number of aryl methyl sites for hydroxylation is 1. The van der Waals surface area contributed by atoms with Crippen molar-refractivity contribution in [1.82, 2.24) is 18.0 Å². The summed E-state index contributed by atoms with van der Waals surface area (Å²) in [5, 5.41) is 10.1. The highest BCUT2D eigenvalue weighted by atomic mass is 32.2. The molecule has 0 saturated carbocycles. The quantitative estimate of drug-likeness (QED) is 0.699. The van der Waals surface area contributed by atoms with Crippen molar-refractivity contribution in [2.45, 2.75) is 17.4 Å². The first-order chi connectivity index (χ1) is 11.0. The largest absolute Gasteiger partial charge is 0.387 e. The Kier molecular flexibility index (Phi) is 4.44. The summed E-state index contributed by atoms with van der Waals surface area (Å²) in [6.45, 7) is 0.128. The van der Waals surface area contributed by atoms with Gasteiger partial charge in [-0.2, -0.15) is 8.75 Å². The number of nitrogens with one attached hydrogen (secondary N) is 1. The van der Waals surface area contributed by atoms with E-state index in [1.165, 1.54) is 6.07 Å². The topological polar surface area (TPSA) is 97.1 Å². The van der Waals surface area contributed by atoms with Gasteiger partial charge in [0, 0.05) is 25.5 Å². The van der Waals surface area contributed by atoms with Gasteiger partial charge >= 0.3 is 0 Å². The number of aliphatic hydroxyl groups excluding tert-OH is 1. The van der Waals surface area contributed by atoms with E-state index < -0.39 is 16.1 Å². The number of rotatable bonds is 6. The van der Waals surface area contributed by atoms with Crippen LogP contribution in [-0.2, 0) is 17.1 Å². The Morgan fingerprint density at radius 2 is 2.13 bits per heavy atom. The summed E-state index contributed by atoms with van der Waals surface area (Å²) in [6.07, 6.45) is 1.38. The molecule has 23 heavy (non-hydrogen) atoms. The molecule has 2 aromatic heterocycles. The summed E-state index contributed by atoms with van der Waals surface area (Å²) < 4.78 is 37.2. The molecule has 2 heterocycles. The van der Waals surface area contributed by atoms with Crippen LogP contribution >= 0.6 is 11.7 Å². The van der Waals surface area contributed by atoms with Crippen LogP contribution in [-0.4, -0.2) is 33.4 Å². The smallest absolute Gasteiger partial charge is 0.242 e. The van der Waals surface area contributed by atoms with Crippen molar-refractivity contribution < 1.29 is 13.5 Å². The van der Waals surface area contributed by atoms with Crippen molar-refractivity contribution >= 4 is 32.8 Å². The van der Waals surface area contributed by atoms with Gasteiger partial charge in [0.25, 0.3) is 0 Å². The molecule has 1 atom stereocenters. The third-order valence-corrected chi connectivity index (χ3v) is 5.61. The van der Waals surface area contributed by atoms with Gasteiger partial charge in [-0.25, -0.2) is 13.1 Å². The summed E-state index contributed by atoms with van der Waals surface area (Å²) in [6, 6.07) is 8.49. The molecule has 3 aromatic rings. The molecule has 1 aromatic carbocycles. The van der Waals surface area contributed by atoms with Crippen LogP contribution < -0.4 is 4.72 Å². The highest BCUT2D eigenvalue weighted by Gasteiger charge is 2.20. The third kappa shape index (κ3) is 3.27. The molecule has 0 amide bonds. The van der Waals surface area contributed by atoms with Gasteiger partial charge in [-0.05, 0) is 30.7 Å². The predicted molar refractivity (Wildman–Crippen MR) is 87.6 cm³/mol. The maximum absolute atomic E-state index is 12.4. The van der Waals surface area contributed by atoms with E-state index in [0.717, 1.165) is 17.4 Å². The lowest BCUT2D eigenvalue weighted by Crippen LogP contribution is -2.26. The lowest BCUT2D eigenvalue weighted by molar-refractivity contribution is 0.161. The zero-order valence-corrected chi connectivity index (χ0v) is 14.0. The van der Waals surface area contributed by atoms with Crippen molar-refractivity contribution in [1.29, 1.82) is 0 Å². The SMILES string of the molecule is Cn1cccc1[C@H](O)CCNS(=O)(=O)c1cccc2nsnc12. The summed E-state index contributed by atoms with van der Waals surface area (Å²) in [4.78, 5) is 0.108. The summed E-state index contributed by atoms with van der Waals surface area (Å²) in [7, 11) is -1.86. The second kappa shape index (κ2) is 6.36. The van der Waals surface area contributed by atoms with Gasteiger partial charge in [0.15, 0.2) is 0 Å². The lowest BCUT2D eigenvalue weighted by atomic mass is 10.2. The molecular weight excluding hydrogens is 336 g/mol. The van der Waals surface area contributed by atoms with Crippen molar-refractivity contribution in [2.24, 2.45) is 7.05 Å². The number of nitrogens with zero attached hydrogens (tertiary/aromatic N) is 3. The van der Waals surface area contributed by atoms with Crippen LogP contribution in [0.1, 0.15) is 18.2 Å². The zero-order valence-electron chi connectivity index (χ0n) is 12.4. The third-order valence-electron chi connectivity index (χ3n) is 3.57. The first-order valence-electron chi connectivity index (χ1n) is 6.99. The molecule has 0 aliphatic rings. The molecule has 0 bridgehead atoms. The van der Waals surface area contributed by atoms with Crippen LogP contribution in [0, 0.1) is 0 Å². The number of hydrogen-bond acceptors (Lipinski definition) is 6. The Morgan fingerprint density at radius 3 is 2.87 bits per heavy atom. The highest BCUT2D eigenvalue weighted by Crippen LogP contribution is 2.21. The molecule has 0 fully saturated rings. The molecule has 9 heteroatoms. The van der Waals surface area contributed by atoms with Crippen molar-refractivity contribution in [3.8, 4) is 0 Å². The van der Waals surface area contributed by atoms with Gasteiger partial charge in [-0.15, -0.1) is 0 Å². The van der Waals surface area contributed by atoms with Crippen LogP contribution in [0.3, 0.4) is 0 Å². The number of aliphatic hydroxyl groups is 1. The number of aromatic nitrogens is 3. The van der Waals surface area contributed by atoms with Gasteiger partial charge in [0.1, 0.15) is 15.9 Å². The molecule has 0 radical (unpaired) electrons. The number of hydrogen-bond donors (Lipinski definition) is 2. The van der Waals surface area contributed by atoms with Gasteiger partial charge in [0.05, 0.1) is 17.8 Å². The fourth-order valence-corrected chi connectivity index (χ4v) is 4.19. The van der Waals surface area contributed by atoms with Crippen LogP contribution in [0.5, 0.6) is 0 Å². The molecule has 0 aliphatic heterocycles. The molecule has 2 N–H and O–H groups in total. The number of fused-ring (bicyclic) bond motifs is 1. The maximum atomic E-state index is 12.4. The molecule has 0 spiro atoms. The normalized spacial score (nSPS) is 13.5. The van der Waals surface area contributed by atoms with Crippen molar-refractivity contribution in [3.63, 3.8) is 0 Å². The Morgan fingerprint density at radius 1 is 1.30 bits per heavy atom. The monoisotopic (exact) mass is 352 g/mol. The molecular formula is C14H16N4O3S2. The minimum atomic E-state index is -3.70. The van der Waals surface area contributed by atoms with E-state index in [-0.39, 0.29) is 17.9 Å². The van der Waals surface area contributed by atoms with Crippen LogP contribution in [0.4, 0.5) is 0 Å². The van der Waals surface area contributed by atoms with Gasteiger partial charge < -0.3 is 9.67 Å². The average Bonchev–Trinajstić information content (AvgIpc) is 3.14. The molecule has 0 unspecified atom stereocenters. The molecule has 7 nitrogen and oxygen atoms in total. The Hall–Kier alpha value is -1.81. The Bertz CT molecular complexity index is 917. The fourth-order valence-electron chi connectivity index (χ4n) is 2.37. The Labute approximate surface area is 138 Å². The first-order valence-corrected chi connectivity index (χ1v) is 9.20. The average molecular weight is 352 g/mol. The highest BCUT2D eigenvalue weighted by molar-refractivity contribution is 7.89. The van der Waals surface area contributed by atoms with Crippen LogP contribution in [0.2, 0.25) is 0 Å². The predicted octanol–water partition coefficient (Wildman–Crippen LogP) is 1.43. The standard InChI is InChI=1S/C14H16N4O3S2/c1-18-9-3-5-11(18)12(19)7-8-15-23(20,21)13-6-2-4-10-14(13)17-22-16-10/h2-6,9,12,15,19H,7-8H2,1H3/t12-/m1/s1. The van der Waals surface area contributed by atoms with E-state index in [1.807, 2.05) is 19.3 Å². The summed E-state index contributed by atoms with van der Waals surface area (Å²) in [5.41, 5.74) is 1.67. The van der Waals surface area contributed by atoms with Gasteiger partial charge in [-0.3, -0.25) is 0 Å². The molecule has 3 rings (SSSR count). The van der Waals surface area contributed by atoms with E-state index in [0.29, 0.717) is 11.0 Å². The van der Waals surface area contributed by atoms with E-state index in [9.17, 15) is 13.5 Å². The van der Waals surface area contributed by atoms with Crippen LogP contribution in [0.15, 0.2) is 41.4 Å². The minimum Gasteiger partial charge on any atom is -0.387 e. The van der Waals surface area contributed by atoms with Crippen molar-refractivity contribution in [3.05, 3.63) is 42.2 Å². The van der Waals surface area contributed by atoms with E-state index in [1.54, 1.807) is 22.8 Å². The fraction of sp³-hybridized carbons (Fsp3) is 0.286. The van der Waals surface area contributed by atoms with E-state index in [2.05, 4.69) is 13.5 Å². The van der Waals surface area contributed by atoms with E-state index in [4.69, 9.17) is 0 Å². The first kappa shape index (κ1) is 16.1. The summed E-state index contributed by atoms with van der Waals surface area (Å²) in [5.74, 6) is 0. The van der Waals surface area contributed by atoms with Gasteiger partial charge in [0.2, 0.25) is 10.0 Å². The molecule has 0 saturated heterocycles. The van der Waals surface area contributed by atoms with Gasteiger partial charge in [-0.1, -0.05) is 6.07 Å². The molecule has 122 valence electrons. The second-order valence-corrected chi connectivity index (χ2v) is 7.40. The number of sulfonamides is 1. The minimum absolute atomic E-state index is 0.108. The second-order valence-electron chi connectivity index (χ2n) is 5.13. The molecule has 0 aliphatic carbocycles.